The molecule has 0 aliphatic carbocycles. The first-order chi connectivity index (χ1) is 12.8. The Hall–Kier alpha value is -2.73. The molecule has 1 fully saturated rings. The quantitative estimate of drug-likeness (QED) is 0.674. The van der Waals surface area contributed by atoms with Gasteiger partial charge in [0, 0.05) is 24.7 Å². The van der Waals surface area contributed by atoms with E-state index in [-0.39, 0.29) is 5.97 Å². The Morgan fingerprint density at radius 1 is 1.23 bits per heavy atom. The maximum Gasteiger partial charge on any atom is 0.338 e. The fourth-order valence-corrected chi connectivity index (χ4v) is 3.32. The maximum atomic E-state index is 11.8. The third-order valence-electron chi connectivity index (χ3n) is 4.77. The highest BCUT2D eigenvalue weighted by atomic mass is 16.5. The van der Waals surface area contributed by atoms with Gasteiger partial charge in [-0.15, -0.1) is 0 Å². The van der Waals surface area contributed by atoms with E-state index in [4.69, 9.17) is 9.47 Å². The number of rotatable bonds is 4. The Morgan fingerprint density at radius 3 is 2.73 bits per heavy atom. The number of carbonyl (C=O) groups excluding carboxylic acids is 1. The summed E-state index contributed by atoms with van der Waals surface area (Å²) in [6.07, 6.45) is 7.74. The summed E-state index contributed by atoms with van der Waals surface area (Å²) in [5, 5.41) is 4.49. The molecule has 0 N–H and O–H groups in total. The van der Waals surface area contributed by atoms with Gasteiger partial charge in [-0.2, -0.15) is 5.10 Å². The number of hydrogen-bond acceptors (Lipinski definition) is 5. The summed E-state index contributed by atoms with van der Waals surface area (Å²) < 4.78 is 12.3. The smallest absolute Gasteiger partial charge is 0.338 e. The van der Waals surface area contributed by atoms with Crippen molar-refractivity contribution in [3.8, 4) is 11.1 Å². The van der Waals surface area contributed by atoms with Crippen molar-refractivity contribution in [3.05, 3.63) is 54.1 Å². The van der Waals surface area contributed by atoms with Crippen molar-refractivity contribution >= 4 is 11.5 Å². The van der Waals surface area contributed by atoms with Crippen molar-refractivity contribution in [1.29, 1.82) is 0 Å². The number of aromatic nitrogens is 3. The molecule has 0 spiro atoms. The third-order valence-corrected chi connectivity index (χ3v) is 4.77. The lowest BCUT2D eigenvalue weighted by Crippen LogP contribution is -2.15. The van der Waals surface area contributed by atoms with Crippen molar-refractivity contribution in [2.24, 2.45) is 0 Å². The molecule has 0 amide bonds. The minimum absolute atomic E-state index is 0.304. The average Bonchev–Trinajstić information content (AvgIpc) is 3.12. The molecular formula is C20H21N3O3. The van der Waals surface area contributed by atoms with E-state index in [1.807, 2.05) is 35.2 Å². The van der Waals surface area contributed by atoms with E-state index in [1.54, 1.807) is 19.1 Å². The fourth-order valence-electron chi connectivity index (χ4n) is 3.32. The number of benzene rings is 1. The second-order valence-corrected chi connectivity index (χ2v) is 6.38. The molecule has 3 heterocycles. The molecule has 0 bridgehead atoms. The van der Waals surface area contributed by atoms with E-state index >= 15 is 0 Å². The SMILES string of the molecule is CCOC(=O)c1ccc(-c2cnn3cc(C4CCOCC4)ncc23)cc1. The van der Waals surface area contributed by atoms with Gasteiger partial charge in [-0.25, -0.2) is 9.31 Å². The molecule has 6 nitrogen and oxygen atoms in total. The summed E-state index contributed by atoms with van der Waals surface area (Å²) in [6.45, 7) is 3.76. The van der Waals surface area contributed by atoms with Gasteiger partial charge in [0.25, 0.3) is 0 Å². The number of carbonyl (C=O) groups is 1. The van der Waals surface area contributed by atoms with Crippen LogP contribution in [0.1, 0.15) is 41.7 Å². The van der Waals surface area contributed by atoms with Crippen molar-refractivity contribution in [2.75, 3.05) is 19.8 Å². The van der Waals surface area contributed by atoms with Gasteiger partial charge in [0.2, 0.25) is 0 Å². The molecule has 6 heteroatoms. The zero-order valence-electron chi connectivity index (χ0n) is 14.7. The van der Waals surface area contributed by atoms with E-state index in [0.29, 0.717) is 18.1 Å². The summed E-state index contributed by atoms with van der Waals surface area (Å²) in [5.41, 5.74) is 4.55. The van der Waals surface area contributed by atoms with Crippen LogP contribution in [0.3, 0.4) is 0 Å². The molecular weight excluding hydrogens is 330 g/mol. The molecule has 0 radical (unpaired) electrons. The Morgan fingerprint density at radius 2 is 2.00 bits per heavy atom. The first-order valence-electron chi connectivity index (χ1n) is 8.95. The van der Waals surface area contributed by atoms with Gasteiger partial charge >= 0.3 is 5.97 Å². The summed E-state index contributed by atoms with van der Waals surface area (Å²) >= 11 is 0. The predicted octanol–water partition coefficient (Wildman–Crippen LogP) is 3.47. The van der Waals surface area contributed by atoms with Gasteiger partial charge < -0.3 is 9.47 Å². The summed E-state index contributed by atoms with van der Waals surface area (Å²) in [6, 6.07) is 7.38. The Bertz CT molecular complexity index is 912. The zero-order chi connectivity index (χ0) is 17.9. The van der Waals surface area contributed by atoms with Gasteiger partial charge in [-0.1, -0.05) is 12.1 Å². The summed E-state index contributed by atoms with van der Waals surface area (Å²) in [4.78, 5) is 16.5. The van der Waals surface area contributed by atoms with Crippen LogP contribution in [0, 0.1) is 0 Å². The lowest BCUT2D eigenvalue weighted by atomic mass is 9.97. The van der Waals surface area contributed by atoms with Crippen LogP contribution in [0.15, 0.2) is 42.9 Å². The van der Waals surface area contributed by atoms with Gasteiger partial charge in [0.1, 0.15) is 0 Å². The first-order valence-corrected chi connectivity index (χ1v) is 8.95. The third kappa shape index (κ3) is 3.20. The molecule has 1 saturated heterocycles. The van der Waals surface area contributed by atoms with Crippen LogP contribution in [0.25, 0.3) is 16.6 Å². The van der Waals surface area contributed by atoms with Gasteiger partial charge in [-0.05, 0) is 37.5 Å². The lowest BCUT2D eigenvalue weighted by molar-refractivity contribution is 0.0526. The van der Waals surface area contributed by atoms with Crippen LogP contribution in [-0.2, 0) is 9.47 Å². The molecule has 0 saturated carbocycles. The zero-order valence-corrected chi connectivity index (χ0v) is 14.7. The van der Waals surface area contributed by atoms with Crippen molar-refractivity contribution in [3.63, 3.8) is 0 Å². The van der Waals surface area contributed by atoms with Crippen molar-refractivity contribution in [2.45, 2.75) is 25.7 Å². The number of ether oxygens (including phenoxy) is 2. The number of fused-ring (bicyclic) bond motifs is 1. The Kier molecular flexibility index (Phi) is 4.67. The van der Waals surface area contributed by atoms with Crippen LogP contribution >= 0.6 is 0 Å². The van der Waals surface area contributed by atoms with Crippen molar-refractivity contribution < 1.29 is 14.3 Å². The first kappa shape index (κ1) is 16.7. The van der Waals surface area contributed by atoms with E-state index in [9.17, 15) is 4.79 Å². The molecule has 1 aromatic carbocycles. The van der Waals surface area contributed by atoms with Crippen LogP contribution in [0.5, 0.6) is 0 Å². The maximum absolute atomic E-state index is 11.8. The highest BCUT2D eigenvalue weighted by Gasteiger charge is 2.18. The van der Waals surface area contributed by atoms with Crippen LogP contribution in [0.2, 0.25) is 0 Å². The fraction of sp³-hybridized carbons (Fsp3) is 0.350. The lowest BCUT2D eigenvalue weighted by Gasteiger charge is -2.21. The molecule has 0 atom stereocenters. The molecule has 1 aliphatic rings. The highest BCUT2D eigenvalue weighted by Crippen LogP contribution is 2.28. The minimum Gasteiger partial charge on any atom is -0.462 e. The van der Waals surface area contributed by atoms with Crippen molar-refractivity contribution in [1.82, 2.24) is 14.6 Å². The van der Waals surface area contributed by atoms with Gasteiger partial charge in [0.05, 0.1) is 42.0 Å². The van der Waals surface area contributed by atoms with Crippen LogP contribution < -0.4 is 0 Å². The van der Waals surface area contributed by atoms with E-state index in [1.165, 1.54) is 0 Å². The summed E-state index contributed by atoms with van der Waals surface area (Å²) in [7, 11) is 0. The molecule has 134 valence electrons. The second-order valence-electron chi connectivity index (χ2n) is 6.38. The molecule has 2 aromatic heterocycles. The molecule has 3 aromatic rings. The Labute approximate surface area is 151 Å². The van der Waals surface area contributed by atoms with Crippen LogP contribution in [0.4, 0.5) is 0 Å². The van der Waals surface area contributed by atoms with E-state index < -0.39 is 0 Å². The molecule has 26 heavy (non-hydrogen) atoms. The average molecular weight is 351 g/mol. The predicted molar refractivity (Wildman–Crippen MR) is 97.2 cm³/mol. The van der Waals surface area contributed by atoms with E-state index in [2.05, 4.69) is 10.1 Å². The number of nitrogens with zero attached hydrogens (tertiary/aromatic N) is 3. The monoisotopic (exact) mass is 351 g/mol. The molecule has 0 unspecified atom stereocenters. The molecule has 1 aliphatic heterocycles. The van der Waals surface area contributed by atoms with E-state index in [0.717, 1.165) is 48.4 Å². The number of hydrogen-bond donors (Lipinski definition) is 0. The standard InChI is InChI=1S/C20H21N3O3/c1-2-26-20(24)16-5-3-14(4-6-16)17-11-22-23-13-18(21-12-19(17)23)15-7-9-25-10-8-15/h3-6,11-13,15H,2,7-10H2,1H3. The summed E-state index contributed by atoms with van der Waals surface area (Å²) in [5.74, 6) is 0.131. The van der Waals surface area contributed by atoms with Gasteiger partial charge in [0.15, 0.2) is 0 Å². The largest absolute Gasteiger partial charge is 0.462 e. The van der Waals surface area contributed by atoms with Gasteiger partial charge in [-0.3, -0.25) is 4.98 Å². The minimum atomic E-state index is -0.304. The normalized spacial score (nSPS) is 15.3. The Balaban J connectivity index is 1.62. The molecule has 4 rings (SSSR count). The second kappa shape index (κ2) is 7.25. The van der Waals surface area contributed by atoms with Crippen LogP contribution in [-0.4, -0.2) is 40.4 Å². The topological polar surface area (TPSA) is 65.7 Å². The number of esters is 1. The highest BCUT2D eigenvalue weighted by molar-refractivity contribution is 5.90.